The molecule has 5 nitrogen and oxygen atoms in total. The van der Waals surface area contributed by atoms with Gasteiger partial charge in [-0.3, -0.25) is 10.2 Å². The zero-order valence-electron chi connectivity index (χ0n) is 12.2. The molecular formula is C17H14N4OS. The molecule has 1 saturated heterocycles. The van der Waals surface area contributed by atoms with Gasteiger partial charge in [-0.1, -0.05) is 54.2 Å². The van der Waals surface area contributed by atoms with Crippen molar-refractivity contribution in [2.45, 2.75) is 11.8 Å². The summed E-state index contributed by atoms with van der Waals surface area (Å²) in [5.41, 5.74) is 2.92. The standard InChI is InChI=1S/C17H14N4OS/c18-17-20-16(22)14(23-17)10-21-13-9-5-4-8-12(13)19-15(21)11-6-2-1-3-7-11/h1-9,14H,10H2,(H2,18,20,22). The van der Waals surface area contributed by atoms with Gasteiger partial charge in [0.2, 0.25) is 5.91 Å². The Balaban J connectivity index is 1.83. The average Bonchev–Trinajstić information content (AvgIpc) is 3.09. The molecule has 2 N–H and O–H groups in total. The van der Waals surface area contributed by atoms with Gasteiger partial charge in [0.25, 0.3) is 0 Å². The first-order valence-electron chi connectivity index (χ1n) is 7.29. The molecule has 0 bridgehead atoms. The molecule has 114 valence electrons. The van der Waals surface area contributed by atoms with Gasteiger partial charge in [-0.15, -0.1) is 0 Å². The molecule has 0 saturated carbocycles. The number of carbonyl (C=O) groups is 1. The van der Waals surface area contributed by atoms with E-state index < -0.39 is 0 Å². The van der Waals surface area contributed by atoms with Crippen molar-refractivity contribution in [2.24, 2.45) is 0 Å². The van der Waals surface area contributed by atoms with Crippen molar-refractivity contribution in [2.75, 3.05) is 0 Å². The highest BCUT2D eigenvalue weighted by molar-refractivity contribution is 8.15. The Morgan fingerprint density at radius 1 is 1.13 bits per heavy atom. The number of hydrogen-bond acceptors (Lipinski definition) is 4. The second-order valence-corrected chi connectivity index (χ2v) is 6.54. The number of amides is 1. The third kappa shape index (κ3) is 2.51. The number of imidazole rings is 1. The number of hydrogen-bond donors (Lipinski definition) is 2. The Morgan fingerprint density at radius 2 is 1.87 bits per heavy atom. The summed E-state index contributed by atoms with van der Waals surface area (Å²) in [4.78, 5) is 16.7. The van der Waals surface area contributed by atoms with Gasteiger partial charge in [-0.05, 0) is 12.1 Å². The summed E-state index contributed by atoms with van der Waals surface area (Å²) in [6.45, 7) is 0.490. The molecule has 1 unspecified atom stereocenters. The zero-order chi connectivity index (χ0) is 15.8. The number of nitrogens with one attached hydrogen (secondary N) is 2. The van der Waals surface area contributed by atoms with Crippen molar-refractivity contribution in [3.05, 3.63) is 54.6 Å². The number of nitrogens with zero attached hydrogens (tertiary/aromatic N) is 2. The first kappa shape index (κ1) is 14.0. The molecule has 6 heteroatoms. The Kier molecular flexibility index (Phi) is 3.38. The Labute approximate surface area is 137 Å². The summed E-state index contributed by atoms with van der Waals surface area (Å²) in [5, 5.41) is 10.1. The molecule has 1 aliphatic heterocycles. The first-order valence-corrected chi connectivity index (χ1v) is 8.17. The number of carbonyl (C=O) groups excluding carboxylic acids is 1. The highest BCUT2D eigenvalue weighted by atomic mass is 32.2. The van der Waals surface area contributed by atoms with Gasteiger partial charge in [0, 0.05) is 12.1 Å². The van der Waals surface area contributed by atoms with Crippen LogP contribution in [-0.4, -0.2) is 25.9 Å². The number of aromatic nitrogens is 2. The van der Waals surface area contributed by atoms with E-state index in [-0.39, 0.29) is 16.3 Å². The average molecular weight is 322 g/mol. The minimum atomic E-state index is -0.303. The van der Waals surface area contributed by atoms with Gasteiger partial charge >= 0.3 is 0 Å². The molecule has 1 aromatic heterocycles. The molecule has 4 rings (SSSR count). The fraction of sp³-hybridized carbons (Fsp3) is 0.118. The summed E-state index contributed by atoms with van der Waals surface area (Å²) in [6.07, 6.45) is 0. The lowest BCUT2D eigenvalue weighted by molar-refractivity contribution is -0.119. The van der Waals surface area contributed by atoms with Crippen molar-refractivity contribution >= 4 is 33.9 Å². The van der Waals surface area contributed by atoms with E-state index in [0.29, 0.717) is 6.54 Å². The van der Waals surface area contributed by atoms with Crippen LogP contribution >= 0.6 is 11.8 Å². The van der Waals surface area contributed by atoms with E-state index in [1.807, 2.05) is 54.6 Å². The Bertz CT molecular complexity index is 903. The third-order valence-electron chi connectivity index (χ3n) is 3.82. The van der Waals surface area contributed by atoms with Gasteiger partial charge in [-0.2, -0.15) is 0 Å². The molecule has 1 atom stereocenters. The lowest BCUT2D eigenvalue weighted by atomic mass is 10.2. The van der Waals surface area contributed by atoms with E-state index in [0.717, 1.165) is 22.4 Å². The van der Waals surface area contributed by atoms with Crippen molar-refractivity contribution in [1.29, 1.82) is 5.41 Å². The maximum atomic E-state index is 12.0. The van der Waals surface area contributed by atoms with Gasteiger partial charge in [-0.25, -0.2) is 4.98 Å². The van der Waals surface area contributed by atoms with Gasteiger partial charge in [0.15, 0.2) is 5.17 Å². The van der Waals surface area contributed by atoms with Crippen LogP contribution in [-0.2, 0) is 11.3 Å². The van der Waals surface area contributed by atoms with Crippen LogP contribution in [0.2, 0.25) is 0 Å². The summed E-state index contributed by atoms with van der Waals surface area (Å²) in [7, 11) is 0. The zero-order valence-corrected chi connectivity index (χ0v) is 13.0. The molecular weight excluding hydrogens is 308 g/mol. The minimum absolute atomic E-state index is 0.114. The maximum Gasteiger partial charge on any atom is 0.241 e. The number of amidine groups is 1. The van der Waals surface area contributed by atoms with Crippen LogP contribution in [0.15, 0.2) is 54.6 Å². The predicted molar refractivity (Wildman–Crippen MR) is 92.4 cm³/mol. The fourth-order valence-electron chi connectivity index (χ4n) is 2.77. The molecule has 2 heterocycles. The van der Waals surface area contributed by atoms with Crippen LogP contribution in [0.3, 0.4) is 0 Å². The highest BCUT2D eigenvalue weighted by Crippen LogP contribution is 2.28. The topological polar surface area (TPSA) is 70.8 Å². The monoisotopic (exact) mass is 322 g/mol. The Hall–Kier alpha value is -2.60. The number of benzene rings is 2. The third-order valence-corrected chi connectivity index (χ3v) is 4.81. The van der Waals surface area contributed by atoms with E-state index in [9.17, 15) is 4.79 Å². The first-order chi connectivity index (χ1) is 11.2. The quantitative estimate of drug-likeness (QED) is 0.779. The van der Waals surface area contributed by atoms with E-state index in [2.05, 4.69) is 9.88 Å². The molecule has 23 heavy (non-hydrogen) atoms. The van der Waals surface area contributed by atoms with Crippen LogP contribution in [0.1, 0.15) is 0 Å². The number of thioether (sulfide) groups is 1. The molecule has 1 fully saturated rings. The summed E-state index contributed by atoms with van der Waals surface area (Å²) < 4.78 is 2.07. The van der Waals surface area contributed by atoms with Crippen LogP contribution in [0.5, 0.6) is 0 Å². The smallest absolute Gasteiger partial charge is 0.241 e. The van der Waals surface area contributed by atoms with Crippen LogP contribution < -0.4 is 5.32 Å². The number of fused-ring (bicyclic) bond motifs is 1. The van der Waals surface area contributed by atoms with E-state index >= 15 is 0 Å². The van der Waals surface area contributed by atoms with Gasteiger partial charge in [0.05, 0.1) is 11.0 Å². The number of para-hydroxylation sites is 2. The molecule has 3 aromatic rings. The minimum Gasteiger partial charge on any atom is -0.322 e. The molecule has 0 aliphatic carbocycles. The van der Waals surface area contributed by atoms with Crippen LogP contribution in [0.4, 0.5) is 0 Å². The SMILES string of the molecule is N=C1NC(=O)C(Cn2c(-c3ccccc3)nc3ccccc32)S1. The van der Waals surface area contributed by atoms with Crippen molar-refractivity contribution in [3.63, 3.8) is 0 Å². The summed E-state index contributed by atoms with van der Waals surface area (Å²) in [5.74, 6) is 0.732. The fourth-order valence-corrected chi connectivity index (χ4v) is 3.61. The second kappa shape index (κ2) is 5.55. The van der Waals surface area contributed by atoms with Crippen molar-refractivity contribution in [3.8, 4) is 11.4 Å². The Morgan fingerprint density at radius 3 is 2.61 bits per heavy atom. The summed E-state index contributed by atoms with van der Waals surface area (Å²) >= 11 is 1.26. The van der Waals surface area contributed by atoms with E-state index in [1.54, 1.807) is 0 Å². The van der Waals surface area contributed by atoms with E-state index in [1.165, 1.54) is 11.8 Å². The van der Waals surface area contributed by atoms with Crippen LogP contribution in [0, 0.1) is 5.41 Å². The molecule has 1 amide bonds. The van der Waals surface area contributed by atoms with Crippen molar-refractivity contribution in [1.82, 2.24) is 14.9 Å². The summed E-state index contributed by atoms with van der Waals surface area (Å²) in [6, 6.07) is 17.9. The molecule has 2 aromatic carbocycles. The molecule has 0 spiro atoms. The molecule has 1 aliphatic rings. The largest absolute Gasteiger partial charge is 0.322 e. The maximum absolute atomic E-state index is 12.0. The van der Waals surface area contributed by atoms with Crippen LogP contribution in [0.25, 0.3) is 22.4 Å². The predicted octanol–water partition coefficient (Wildman–Crippen LogP) is 2.87. The number of rotatable bonds is 3. The van der Waals surface area contributed by atoms with E-state index in [4.69, 9.17) is 10.4 Å². The highest BCUT2D eigenvalue weighted by Gasteiger charge is 2.30. The second-order valence-electron chi connectivity index (χ2n) is 5.33. The lowest BCUT2D eigenvalue weighted by Gasteiger charge is -2.12. The lowest BCUT2D eigenvalue weighted by Crippen LogP contribution is -2.27. The molecule has 0 radical (unpaired) electrons. The van der Waals surface area contributed by atoms with Gasteiger partial charge in [0.1, 0.15) is 11.1 Å². The van der Waals surface area contributed by atoms with Gasteiger partial charge < -0.3 is 9.88 Å². The van der Waals surface area contributed by atoms with Crippen molar-refractivity contribution < 1.29 is 4.79 Å². The normalized spacial score (nSPS) is 17.7.